The van der Waals surface area contributed by atoms with Gasteiger partial charge in [0.2, 0.25) is 0 Å². The van der Waals surface area contributed by atoms with Gasteiger partial charge in [-0.3, -0.25) is 4.79 Å². The first-order chi connectivity index (χ1) is 9.40. The van der Waals surface area contributed by atoms with Crippen LogP contribution in [0.1, 0.15) is 58.8 Å². The number of amides is 2. The van der Waals surface area contributed by atoms with Crippen LogP contribution in [0.2, 0.25) is 0 Å². The molecule has 5 nitrogen and oxygen atoms in total. The second-order valence-electron chi connectivity index (χ2n) is 6.89. The largest absolute Gasteiger partial charge is 0.481 e. The number of aliphatic carboxylic acids is 1. The van der Waals surface area contributed by atoms with Crippen molar-refractivity contribution in [1.29, 1.82) is 0 Å². The molecule has 0 aromatic heterocycles. The highest BCUT2D eigenvalue weighted by Gasteiger charge is 2.36. The molecule has 0 aromatic carbocycles. The van der Waals surface area contributed by atoms with Crippen molar-refractivity contribution in [2.45, 2.75) is 70.9 Å². The minimum Gasteiger partial charge on any atom is -0.481 e. The average molecular weight is 282 g/mol. The highest BCUT2D eigenvalue weighted by Crippen LogP contribution is 2.35. The Bertz CT molecular complexity index is 381. The van der Waals surface area contributed by atoms with Crippen LogP contribution in [0.5, 0.6) is 0 Å². The average Bonchev–Trinajstić information content (AvgIpc) is 2.80. The topological polar surface area (TPSA) is 78.4 Å². The van der Waals surface area contributed by atoms with Gasteiger partial charge in [-0.2, -0.15) is 0 Å². The van der Waals surface area contributed by atoms with Gasteiger partial charge in [-0.05, 0) is 31.1 Å². The van der Waals surface area contributed by atoms with Gasteiger partial charge < -0.3 is 15.7 Å². The lowest BCUT2D eigenvalue weighted by Crippen LogP contribution is -2.53. The van der Waals surface area contributed by atoms with Crippen LogP contribution in [0.3, 0.4) is 0 Å². The zero-order valence-corrected chi connectivity index (χ0v) is 12.4. The van der Waals surface area contributed by atoms with E-state index in [9.17, 15) is 9.59 Å². The number of hydrogen-bond acceptors (Lipinski definition) is 2. The molecule has 0 aromatic rings. The van der Waals surface area contributed by atoms with Crippen LogP contribution in [0.25, 0.3) is 0 Å². The second kappa shape index (κ2) is 6.02. The molecule has 2 rings (SSSR count). The molecule has 2 fully saturated rings. The van der Waals surface area contributed by atoms with Crippen molar-refractivity contribution in [2.24, 2.45) is 11.3 Å². The van der Waals surface area contributed by atoms with Gasteiger partial charge in [0.25, 0.3) is 0 Å². The Morgan fingerprint density at radius 3 is 2.45 bits per heavy atom. The van der Waals surface area contributed by atoms with E-state index in [4.69, 9.17) is 5.11 Å². The van der Waals surface area contributed by atoms with E-state index in [1.165, 1.54) is 6.42 Å². The summed E-state index contributed by atoms with van der Waals surface area (Å²) in [4.78, 5) is 23.2. The summed E-state index contributed by atoms with van der Waals surface area (Å²) in [7, 11) is 0. The molecule has 3 N–H and O–H groups in total. The lowest BCUT2D eigenvalue weighted by molar-refractivity contribution is -0.142. The molecule has 2 amide bonds. The van der Waals surface area contributed by atoms with Crippen molar-refractivity contribution < 1.29 is 14.7 Å². The van der Waals surface area contributed by atoms with Crippen molar-refractivity contribution in [3.63, 3.8) is 0 Å². The third-order valence-electron chi connectivity index (χ3n) is 4.96. The molecule has 0 aliphatic heterocycles. The molecule has 0 bridgehead atoms. The predicted molar refractivity (Wildman–Crippen MR) is 76.5 cm³/mol. The zero-order chi connectivity index (χ0) is 14.8. The first kappa shape index (κ1) is 15.1. The Balaban J connectivity index is 1.87. The number of carboxylic acids is 1. The molecule has 3 unspecified atom stereocenters. The van der Waals surface area contributed by atoms with Gasteiger partial charge in [0, 0.05) is 12.1 Å². The molecule has 0 heterocycles. The maximum Gasteiger partial charge on any atom is 0.315 e. The van der Waals surface area contributed by atoms with Crippen LogP contribution in [0.15, 0.2) is 0 Å². The predicted octanol–water partition coefficient (Wildman–Crippen LogP) is 2.51. The van der Waals surface area contributed by atoms with Gasteiger partial charge in [0.1, 0.15) is 0 Å². The monoisotopic (exact) mass is 282 g/mol. The molecule has 20 heavy (non-hydrogen) atoms. The summed E-state index contributed by atoms with van der Waals surface area (Å²) in [6.07, 6.45) is 6.79. The molecule has 2 saturated carbocycles. The zero-order valence-electron chi connectivity index (χ0n) is 12.4. The smallest absolute Gasteiger partial charge is 0.315 e. The van der Waals surface area contributed by atoms with Gasteiger partial charge in [-0.25, -0.2) is 4.79 Å². The molecule has 0 spiro atoms. The van der Waals surface area contributed by atoms with Gasteiger partial charge in [-0.15, -0.1) is 0 Å². The van der Waals surface area contributed by atoms with E-state index in [0.717, 1.165) is 32.1 Å². The second-order valence-corrected chi connectivity index (χ2v) is 6.89. The third-order valence-corrected chi connectivity index (χ3v) is 4.96. The Morgan fingerprint density at radius 2 is 1.80 bits per heavy atom. The van der Waals surface area contributed by atoms with Gasteiger partial charge >= 0.3 is 12.0 Å². The summed E-state index contributed by atoms with van der Waals surface area (Å²) in [5, 5.41) is 15.0. The minimum absolute atomic E-state index is 0.122. The van der Waals surface area contributed by atoms with Crippen molar-refractivity contribution in [3.8, 4) is 0 Å². The van der Waals surface area contributed by atoms with Crippen molar-refractivity contribution in [2.75, 3.05) is 0 Å². The number of carbonyl (C=O) groups excluding carboxylic acids is 1. The minimum atomic E-state index is -0.800. The lowest BCUT2D eigenvalue weighted by atomic mass is 9.73. The number of carboxylic acid groups (broad SMARTS) is 1. The summed E-state index contributed by atoms with van der Waals surface area (Å²) in [5.74, 6) is -1.23. The number of urea groups is 1. The van der Waals surface area contributed by atoms with Crippen LogP contribution >= 0.6 is 0 Å². The van der Waals surface area contributed by atoms with Crippen LogP contribution < -0.4 is 10.6 Å². The van der Waals surface area contributed by atoms with Crippen molar-refractivity contribution in [3.05, 3.63) is 0 Å². The van der Waals surface area contributed by atoms with E-state index in [0.29, 0.717) is 6.42 Å². The summed E-state index contributed by atoms with van der Waals surface area (Å²) < 4.78 is 0. The van der Waals surface area contributed by atoms with Crippen LogP contribution in [0.4, 0.5) is 4.79 Å². The molecular formula is C15H26N2O3. The number of rotatable bonds is 3. The van der Waals surface area contributed by atoms with E-state index < -0.39 is 11.9 Å². The molecule has 5 heteroatoms. The quantitative estimate of drug-likeness (QED) is 0.744. The van der Waals surface area contributed by atoms with Gasteiger partial charge in [0.15, 0.2) is 0 Å². The highest BCUT2D eigenvalue weighted by atomic mass is 16.4. The van der Waals surface area contributed by atoms with Crippen LogP contribution in [-0.4, -0.2) is 29.2 Å². The van der Waals surface area contributed by atoms with Crippen LogP contribution in [-0.2, 0) is 4.79 Å². The number of nitrogens with one attached hydrogen (secondary N) is 2. The SMILES string of the molecule is CC1(C)CCCCC1NC(=O)NC1CCCC1C(=O)O. The summed E-state index contributed by atoms with van der Waals surface area (Å²) >= 11 is 0. The number of hydrogen-bond donors (Lipinski definition) is 3. The lowest BCUT2D eigenvalue weighted by Gasteiger charge is -2.39. The van der Waals surface area contributed by atoms with E-state index in [-0.39, 0.29) is 23.5 Å². The Labute approximate surface area is 120 Å². The standard InChI is InChI=1S/C15H26N2O3/c1-15(2)9-4-3-8-12(15)17-14(20)16-11-7-5-6-10(11)13(18)19/h10-12H,3-9H2,1-2H3,(H,18,19)(H2,16,17,20). The fourth-order valence-corrected chi connectivity index (χ4v) is 3.56. The van der Waals surface area contributed by atoms with Gasteiger partial charge in [0.05, 0.1) is 5.92 Å². The third kappa shape index (κ3) is 3.44. The highest BCUT2D eigenvalue weighted by molar-refractivity contribution is 5.77. The van der Waals surface area contributed by atoms with Gasteiger partial charge in [-0.1, -0.05) is 33.1 Å². The van der Waals surface area contributed by atoms with Crippen LogP contribution in [0, 0.1) is 11.3 Å². The maximum absolute atomic E-state index is 12.1. The van der Waals surface area contributed by atoms with Crippen molar-refractivity contribution in [1.82, 2.24) is 10.6 Å². The summed E-state index contributed by atoms with van der Waals surface area (Å²) in [6.45, 7) is 4.37. The summed E-state index contributed by atoms with van der Waals surface area (Å²) in [5.41, 5.74) is 0.122. The maximum atomic E-state index is 12.1. The Kier molecular flexibility index (Phi) is 4.55. The fraction of sp³-hybridized carbons (Fsp3) is 0.867. The fourth-order valence-electron chi connectivity index (χ4n) is 3.56. The molecule has 2 aliphatic carbocycles. The number of carbonyl (C=O) groups is 2. The van der Waals surface area contributed by atoms with Crippen molar-refractivity contribution >= 4 is 12.0 Å². The molecule has 0 radical (unpaired) electrons. The normalized spacial score (nSPS) is 32.6. The molecular weight excluding hydrogens is 256 g/mol. The molecule has 3 atom stereocenters. The molecule has 0 saturated heterocycles. The van der Waals surface area contributed by atoms with E-state index >= 15 is 0 Å². The summed E-state index contributed by atoms with van der Waals surface area (Å²) in [6, 6.07) is -0.247. The first-order valence-corrected chi connectivity index (χ1v) is 7.70. The van der Waals surface area contributed by atoms with E-state index in [1.54, 1.807) is 0 Å². The van der Waals surface area contributed by atoms with E-state index in [2.05, 4.69) is 24.5 Å². The van der Waals surface area contributed by atoms with E-state index in [1.807, 2.05) is 0 Å². The Hall–Kier alpha value is -1.26. The molecule has 2 aliphatic rings. The Morgan fingerprint density at radius 1 is 1.05 bits per heavy atom. The first-order valence-electron chi connectivity index (χ1n) is 7.70. The molecule has 114 valence electrons.